The van der Waals surface area contributed by atoms with Gasteiger partial charge in [0.2, 0.25) is 5.88 Å². The van der Waals surface area contributed by atoms with E-state index in [4.69, 9.17) is 4.74 Å². The number of hydrogen-bond acceptors (Lipinski definition) is 6. The lowest BCUT2D eigenvalue weighted by molar-refractivity contribution is 0.398. The first kappa shape index (κ1) is 21.4. The molecular formula is C22H20FN5O3S. The predicted molar refractivity (Wildman–Crippen MR) is 119 cm³/mol. The van der Waals surface area contributed by atoms with E-state index < -0.39 is 15.8 Å². The van der Waals surface area contributed by atoms with Crippen LogP contribution in [0.5, 0.6) is 5.88 Å². The summed E-state index contributed by atoms with van der Waals surface area (Å²) in [6.45, 7) is 1.60. The van der Waals surface area contributed by atoms with Gasteiger partial charge in [-0.2, -0.15) is 17.9 Å². The van der Waals surface area contributed by atoms with Gasteiger partial charge in [0.15, 0.2) is 0 Å². The van der Waals surface area contributed by atoms with Crippen molar-refractivity contribution in [1.29, 1.82) is 0 Å². The van der Waals surface area contributed by atoms with Gasteiger partial charge in [-0.25, -0.2) is 14.4 Å². The summed E-state index contributed by atoms with van der Waals surface area (Å²) < 4.78 is 46.9. The van der Waals surface area contributed by atoms with Crippen LogP contribution in [-0.2, 0) is 10.0 Å². The van der Waals surface area contributed by atoms with Crippen molar-refractivity contribution in [2.45, 2.75) is 11.8 Å². The Morgan fingerprint density at radius 1 is 1.09 bits per heavy atom. The summed E-state index contributed by atoms with van der Waals surface area (Å²) in [6, 6.07) is 11.0. The molecule has 0 amide bonds. The van der Waals surface area contributed by atoms with Gasteiger partial charge >= 0.3 is 0 Å². The number of hydrazone groups is 1. The molecule has 8 nitrogen and oxygen atoms in total. The lowest BCUT2D eigenvalue weighted by atomic mass is 10.1. The van der Waals surface area contributed by atoms with Gasteiger partial charge in [-0.1, -0.05) is 6.07 Å². The molecule has 3 heterocycles. The second-order valence-electron chi connectivity index (χ2n) is 7.01. The molecule has 0 saturated carbocycles. The molecule has 0 aliphatic carbocycles. The maximum absolute atomic E-state index is 13.6. The molecule has 0 spiro atoms. The number of halogens is 1. The maximum atomic E-state index is 13.6. The van der Waals surface area contributed by atoms with Crippen LogP contribution in [-0.4, -0.2) is 47.6 Å². The molecule has 3 aromatic heterocycles. The van der Waals surface area contributed by atoms with Crippen LogP contribution in [0.25, 0.3) is 16.8 Å². The van der Waals surface area contributed by atoms with Crippen molar-refractivity contribution in [1.82, 2.24) is 18.8 Å². The highest BCUT2D eigenvalue weighted by atomic mass is 32.2. The first-order valence-electron chi connectivity index (χ1n) is 9.56. The zero-order chi connectivity index (χ0) is 22.9. The van der Waals surface area contributed by atoms with Crippen LogP contribution in [0.15, 0.2) is 71.1 Å². The molecular weight excluding hydrogens is 433 g/mol. The van der Waals surface area contributed by atoms with E-state index in [1.807, 2.05) is 24.4 Å². The Morgan fingerprint density at radius 2 is 1.88 bits per heavy atom. The Kier molecular flexibility index (Phi) is 5.62. The molecule has 0 aliphatic heterocycles. The third kappa shape index (κ3) is 4.04. The van der Waals surface area contributed by atoms with Crippen LogP contribution in [0.1, 0.15) is 11.3 Å². The maximum Gasteiger partial charge on any atom is 0.279 e. The number of benzene rings is 1. The second kappa shape index (κ2) is 8.39. The number of aryl methyl sites for hydroxylation is 1. The van der Waals surface area contributed by atoms with Gasteiger partial charge in [0, 0.05) is 36.6 Å². The van der Waals surface area contributed by atoms with E-state index >= 15 is 0 Å². The summed E-state index contributed by atoms with van der Waals surface area (Å²) in [4.78, 5) is 8.41. The highest BCUT2D eigenvalue weighted by Crippen LogP contribution is 2.22. The molecule has 0 fully saturated rings. The number of fused-ring (bicyclic) bond motifs is 1. The summed E-state index contributed by atoms with van der Waals surface area (Å²) in [7, 11) is -1.16. The van der Waals surface area contributed by atoms with E-state index in [1.54, 1.807) is 36.9 Å². The molecule has 0 atom stereocenters. The van der Waals surface area contributed by atoms with Crippen molar-refractivity contribution in [2.24, 2.45) is 5.10 Å². The Bertz CT molecular complexity index is 1420. The number of imidazole rings is 1. The highest BCUT2D eigenvalue weighted by Gasteiger charge is 2.22. The standard InChI is InChI=1S/C22H20FN5O3S/c1-15-4-7-18(23)10-20(15)32(29,30)27(2)26-13-19-12-24-21-8-5-17(14-28(19)21)16-6-9-22(31-3)25-11-16/h4-14H,1-3H3. The highest BCUT2D eigenvalue weighted by molar-refractivity contribution is 7.89. The molecule has 164 valence electrons. The minimum Gasteiger partial charge on any atom is -0.481 e. The summed E-state index contributed by atoms with van der Waals surface area (Å²) >= 11 is 0. The van der Waals surface area contributed by atoms with Crippen molar-refractivity contribution >= 4 is 21.9 Å². The van der Waals surface area contributed by atoms with Gasteiger partial charge in [0.25, 0.3) is 10.0 Å². The Hall–Kier alpha value is -3.79. The number of hydrogen-bond donors (Lipinski definition) is 0. The minimum absolute atomic E-state index is 0.135. The van der Waals surface area contributed by atoms with Crippen molar-refractivity contribution in [3.8, 4) is 17.0 Å². The fourth-order valence-corrected chi connectivity index (χ4v) is 4.33. The minimum atomic E-state index is -4.01. The van der Waals surface area contributed by atoms with Crippen LogP contribution in [0.3, 0.4) is 0 Å². The first-order chi connectivity index (χ1) is 15.3. The van der Waals surface area contributed by atoms with Crippen LogP contribution in [0.4, 0.5) is 4.39 Å². The van der Waals surface area contributed by atoms with Gasteiger partial charge in [-0.3, -0.25) is 4.40 Å². The number of methoxy groups -OCH3 is 1. The second-order valence-corrected chi connectivity index (χ2v) is 8.93. The number of aromatic nitrogens is 3. The average Bonchev–Trinajstić information content (AvgIpc) is 3.21. The number of nitrogens with zero attached hydrogens (tertiary/aromatic N) is 5. The third-order valence-corrected chi connectivity index (χ3v) is 6.73. The van der Waals surface area contributed by atoms with Crippen LogP contribution < -0.4 is 4.74 Å². The van der Waals surface area contributed by atoms with Crippen LogP contribution in [0, 0.1) is 12.7 Å². The Labute approximate surface area is 184 Å². The molecule has 0 bridgehead atoms. The summed E-state index contributed by atoms with van der Waals surface area (Å²) in [5.41, 5.74) is 3.44. The molecule has 4 aromatic rings. The lowest BCUT2D eigenvalue weighted by Crippen LogP contribution is -2.23. The van der Waals surface area contributed by atoms with Gasteiger partial charge in [-0.15, -0.1) is 0 Å². The van der Waals surface area contributed by atoms with E-state index in [0.717, 1.165) is 21.6 Å². The van der Waals surface area contributed by atoms with E-state index in [0.29, 0.717) is 22.8 Å². The van der Waals surface area contributed by atoms with E-state index in [2.05, 4.69) is 15.1 Å². The topological polar surface area (TPSA) is 89.2 Å². The van der Waals surface area contributed by atoms with Gasteiger partial charge in [-0.05, 0) is 42.8 Å². The Balaban J connectivity index is 1.65. The van der Waals surface area contributed by atoms with Crippen LogP contribution in [0.2, 0.25) is 0 Å². The Morgan fingerprint density at radius 3 is 2.59 bits per heavy atom. The van der Waals surface area contributed by atoms with Gasteiger partial charge in [0.05, 0.1) is 30.1 Å². The third-order valence-electron chi connectivity index (χ3n) is 4.94. The van der Waals surface area contributed by atoms with Crippen molar-refractivity contribution in [3.05, 3.63) is 78.1 Å². The monoisotopic (exact) mass is 453 g/mol. The molecule has 0 aliphatic rings. The zero-order valence-electron chi connectivity index (χ0n) is 17.6. The fraction of sp³-hybridized carbons (Fsp3) is 0.136. The molecule has 0 unspecified atom stereocenters. The lowest BCUT2D eigenvalue weighted by Gasteiger charge is -2.15. The number of ether oxygens (including phenoxy) is 1. The first-order valence-corrected chi connectivity index (χ1v) is 11.0. The quantitative estimate of drug-likeness (QED) is 0.329. The largest absolute Gasteiger partial charge is 0.481 e. The normalized spacial score (nSPS) is 11.9. The molecule has 32 heavy (non-hydrogen) atoms. The van der Waals surface area contributed by atoms with Crippen molar-refractivity contribution < 1.29 is 17.5 Å². The van der Waals surface area contributed by atoms with E-state index in [-0.39, 0.29) is 4.90 Å². The fourth-order valence-electron chi connectivity index (χ4n) is 3.13. The summed E-state index contributed by atoms with van der Waals surface area (Å²) in [5.74, 6) is -0.114. The van der Waals surface area contributed by atoms with Crippen molar-refractivity contribution in [2.75, 3.05) is 14.2 Å². The average molecular weight is 453 g/mol. The smallest absolute Gasteiger partial charge is 0.279 e. The SMILES string of the molecule is COc1ccc(-c2ccc3ncc(C=NN(C)S(=O)(=O)c4cc(F)ccc4C)n3c2)cn1. The number of sulfonamides is 1. The van der Waals surface area contributed by atoms with E-state index in [9.17, 15) is 12.8 Å². The van der Waals surface area contributed by atoms with Gasteiger partial charge in [0.1, 0.15) is 11.5 Å². The molecule has 0 saturated heterocycles. The zero-order valence-corrected chi connectivity index (χ0v) is 18.4. The molecule has 10 heteroatoms. The predicted octanol–water partition coefficient (Wildman–Crippen LogP) is 3.51. The van der Waals surface area contributed by atoms with Crippen LogP contribution >= 0.6 is 0 Å². The van der Waals surface area contributed by atoms with Gasteiger partial charge < -0.3 is 4.74 Å². The molecule has 4 rings (SSSR count). The number of pyridine rings is 2. The summed E-state index contributed by atoms with van der Waals surface area (Å²) in [6.07, 6.45) is 6.54. The molecule has 0 radical (unpaired) electrons. The summed E-state index contributed by atoms with van der Waals surface area (Å²) in [5, 5.41) is 4.07. The molecule has 0 N–H and O–H groups in total. The van der Waals surface area contributed by atoms with E-state index in [1.165, 1.54) is 25.4 Å². The number of rotatable bonds is 6. The molecule has 1 aromatic carbocycles. The van der Waals surface area contributed by atoms with Crippen molar-refractivity contribution in [3.63, 3.8) is 0 Å².